The molecule has 1 unspecified atom stereocenters. The van der Waals surface area contributed by atoms with E-state index < -0.39 is 17.8 Å². The van der Waals surface area contributed by atoms with Crippen molar-refractivity contribution in [1.29, 1.82) is 0 Å². The van der Waals surface area contributed by atoms with Crippen molar-refractivity contribution in [2.24, 2.45) is 5.92 Å². The van der Waals surface area contributed by atoms with Crippen LogP contribution in [0.1, 0.15) is 12.0 Å². The molecule has 5 nitrogen and oxygen atoms in total. The molecule has 26 heavy (non-hydrogen) atoms. The van der Waals surface area contributed by atoms with E-state index in [1.54, 1.807) is 0 Å². The normalized spacial score (nSPS) is 23.3. The lowest BCUT2D eigenvalue weighted by Gasteiger charge is -2.30. The van der Waals surface area contributed by atoms with E-state index in [2.05, 4.69) is 16.0 Å². The first kappa shape index (κ1) is 18.5. The van der Waals surface area contributed by atoms with Gasteiger partial charge in [0.1, 0.15) is 0 Å². The van der Waals surface area contributed by atoms with Crippen LogP contribution in [0.15, 0.2) is 48.2 Å². The quantitative estimate of drug-likeness (QED) is 0.768. The van der Waals surface area contributed by atoms with Gasteiger partial charge in [-0.1, -0.05) is 12.2 Å². The van der Waals surface area contributed by atoms with Crippen molar-refractivity contribution in [2.75, 3.05) is 25.0 Å². The molecule has 1 aliphatic carbocycles. The standard InChI is InChI=1S/C18H20F3N3O2/c19-18(20,21)13-3-7-15(8-4-13)24-17(25)23-14-5-1-12(2-6-14)16-11-22-9-10-26-16/h1,3-8,12,16,22H,2,9-11H2,(H2,23,24,25)/t12?,16-/m1/s1. The average Bonchev–Trinajstić information content (AvgIpc) is 2.63. The van der Waals surface area contributed by atoms with E-state index in [0.717, 1.165) is 31.6 Å². The molecule has 3 rings (SSSR count). The van der Waals surface area contributed by atoms with Gasteiger partial charge in [0.15, 0.2) is 0 Å². The number of hydrogen-bond donors (Lipinski definition) is 3. The van der Waals surface area contributed by atoms with Crippen LogP contribution in [0.25, 0.3) is 0 Å². The Morgan fingerprint density at radius 2 is 1.96 bits per heavy atom. The highest BCUT2D eigenvalue weighted by atomic mass is 19.4. The number of anilines is 1. The van der Waals surface area contributed by atoms with E-state index in [4.69, 9.17) is 4.74 Å². The first-order valence-corrected chi connectivity index (χ1v) is 8.38. The van der Waals surface area contributed by atoms with Crippen LogP contribution in [-0.2, 0) is 10.9 Å². The molecule has 1 heterocycles. The van der Waals surface area contributed by atoms with Crippen LogP contribution in [0.4, 0.5) is 23.7 Å². The number of ether oxygens (including phenoxy) is 1. The molecule has 1 aromatic carbocycles. The molecule has 0 spiro atoms. The van der Waals surface area contributed by atoms with Crippen LogP contribution >= 0.6 is 0 Å². The van der Waals surface area contributed by atoms with Gasteiger partial charge in [-0.3, -0.25) is 0 Å². The second-order valence-corrected chi connectivity index (χ2v) is 6.19. The lowest BCUT2D eigenvalue weighted by molar-refractivity contribution is -0.137. The van der Waals surface area contributed by atoms with Gasteiger partial charge in [-0.25, -0.2) is 4.79 Å². The van der Waals surface area contributed by atoms with Crippen LogP contribution in [0.3, 0.4) is 0 Å². The maximum absolute atomic E-state index is 12.5. The minimum absolute atomic E-state index is 0.124. The molecule has 0 bridgehead atoms. The maximum Gasteiger partial charge on any atom is 0.416 e. The molecule has 1 aliphatic heterocycles. The Kier molecular flexibility index (Phi) is 5.63. The molecule has 2 aliphatic rings. The van der Waals surface area contributed by atoms with E-state index in [1.165, 1.54) is 12.1 Å². The number of benzene rings is 1. The zero-order chi connectivity index (χ0) is 18.6. The van der Waals surface area contributed by atoms with Crippen molar-refractivity contribution in [3.8, 4) is 0 Å². The molecule has 3 N–H and O–H groups in total. The van der Waals surface area contributed by atoms with E-state index in [9.17, 15) is 18.0 Å². The van der Waals surface area contributed by atoms with Gasteiger partial charge in [0.25, 0.3) is 0 Å². The van der Waals surface area contributed by atoms with E-state index in [-0.39, 0.29) is 17.7 Å². The van der Waals surface area contributed by atoms with Crippen molar-refractivity contribution in [1.82, 2.24) is 10.6 Å². The number of rotatable bonds is 3. The summed E-state index contributed by atoms with van der Waals surface area (Å²) in [5.41, 5.74) is 0.178. The fraction of sp³-hybridized carbons (Fsp3) is 0.389. The monoisotopic (exact) mass is 367 g/mol. The highest BCUT2D eigenvalue weighted by Crippen LogP contribution is 2.29. The SMILES string of the molecule is O=C(NC1=CCC([C@H]2CNCCO2)C=C1)Nc1ccc(C(F)(F)F)cc1. The molecular weight excluding hydrogens is 347 g/mol. The minimum atomic E-state index is -4.40. The predicted molar refractivity (Wildman–Crippen MR) is 91.5 cm³/mol. The summed E-state index contributed by atoms with van der Waals surface area (Å²) in [5.74, 6) is 0.256. The fourth-order valence-corrected chi connectivity index (χ4v) is 2.90. The van der Waals surface area contributed by atoms with Crippen LogP contribution in [0, 0.1) is 5.92 Å². The number of halogens is 3. The molecular formula is C18H20F3N3O2. The topological polar surface area (TPSA) is 62.4 Å². The number of morpholine rings is 1. The van der Waals surface area contributed by atoms with Gasteiger partial charge in [-0.15, -0.1) is 0 Å². The van der Waals surface area contributed by atoms with Gasteiger partial charge in [0.2, 0.25) is 0 Å². The zero-order valence-electron chi connectivity index (χ0n) is 14.0. The number of alkyl halides is 3. The van der Waals surface area contributed by atoms with Crippen LogP contribution < -0.4 is 16.0 Å². The number of amides is 2. The van der Waals surface area contributed by atoms with Crippen molar-refractivity contribution < 1.29 is 22.7 Å². The van der Waals surface area contributed by atoms with Crippen molar-refractivity contribution in [2.45, 2.75) is 18.7 Å². The van der Waals surface area contributed by atoms with Gasteiger partial charge in [0, 0.05) is 30.4 Å². The molecule has 0 radical (unpaired) electrons. The summed E-state index contributed by atoms with van der Waals surface area (Å²) in [4.78, 5) is 12.0. The van der Waals surface area contributed by atoms with Crippen molar-refractivity contribution >= 4 is 11.7 Å². The molecule has 2 atom stereocenters. The number of urea groups is 1. The minimum Gasteiger partial charge on any atom is -0.375 e. The van der Waals surface area contributed by atoms with Gasteiger partial charge < -0.3 is 20.7 Å². The predicted octanol–water partition coefficient (Wildman–Crippen LogP) is 3.28. The Morgan fingerprint density at radius 3 is 2.54 bits per heavy atom. The van der Waals surface area contributed by atoms with E-state index in [1.807, 2.05) is 18.2 Å². The molecule has 140 valence electrons. The Bertz CT molecular complexity index is 693. The lowest BCUT2D eigenvalue weighted by atomic mass is 9.93. The van der Waals surface area contributed by atoms with Crippen LogP contribution in [0.2, 0.25) is 0 Å². The number of carbonyl (C=O) groups is 1. The molecule has 1 saturated heterocycles. The molecule has 0 aromatic heterocycles. The second-order valence-electron chi connectivity index (χ2n) is 6.19. The number of allylic oxidation sites excluding steroid dienone is 2. The Labute approximate surface area is 149 Å². The second kappa shape index (κ2) is 7.92. The van der Waals surface area contributed by atoms with Gasteiger partial charge in [0.05, 0.1) is 18.3 Å². The fourth-order valence-electron chi connectivity index (χ4n) is 2.90. The molecule has 2 amide bonds. The Balaban J connectivity index is 1.49. The highest BCUT2D eigenvalue weighted by molar-refractivity contribution is 5.90. The van der Waals surface area contributed by atoms with E-state index >= 15 is 0 Å². The third kappa shape index (κ3) is 4.86. The Morgan fingerprint density at radius 1 is 1.19 bits per heavy atom. The number of nitrogens with one attached hydrogen (secondary N) is 3. The largest absolute Gasteiger partial charge is 0.416 e. The number of carbonyl (C=O) groups excluding carboxylic acids is 1. The van der Waals surface area contributed by atoms with Gasteiger partial charge in [-0.2, -0.15) is 13.2 Å². The maximum atomic E-state index is 12.5. The summed E-state index contributed by atoms with van der Waals surface area (Å²) < 4.78 is 43.3. The average molecular weight is 367 g/mol. The van der Waals surface area contributed by atoms with E-state index in [0.29, 0.717) is 12.3 Å². The van der Waals surface area contributed by atoms with Gasteiger partial charge in [-0.05, 0) is 36.8 Å². The first-order valence-electron chi connectivity index (χ1n) is 8.38. The van der Waals surface area contributed by atoms with Crippen LogP contribution in [-0.4, -0.2) is 31.8 Å². The summed E-state index contributed by atoms with van der Waals surface area (Å²) in [6.07, 6.45) is 2.21. The number of hydrogen-bond acceptors (Lipinski definition) is 3. The molecule has 1 fully saturated rings. The summed E-state index contributed by atoms with van der Waals surface area (Å²) >= 11 is 0. The summed E-state index contributed by atoms with van der Waals surface area (Å²) in [6, 6.07) is 3.79. The molecule has 1 aromatic rings. The first-order chi connectivity index (χ1) is 12.4. The summed E-state index contributed by atoms with van der Waals surface area (Å²) in [6.45, 7) is 2.36. The lowest BCUT2D eigenvalue weighted by Crippen LogP contribution is -2.42. The van der Waals surface area contributed by atoms with Crippen molar-refractivity contribution in [3.63, 3.8) is 0 Å². The van der Waals surface area contributed by atoms with Gasteiger partial charge >= 0.3 is 12.2 Å². The highest BCUT2D eigenvalue weighted by Gasteiger charge is 2.30. The Hall–Kier alpha value is -2.32. The van der Waals surface area contributed by atoms with Crippen LogP contribution in [0.5, 0.6) is 0 Å². The summed E-state index contributed by atoms with van der Waals surface area (Å²) in [5, 5.41) is 8.48. The zero-order valence-corrected chi connectivity index (χ0v) is 14.0. The third-order valence-corrected chi connectivity index (χ3v) is 4.29. The third-order valence-electron chi connectivity index (χ3n) is 4.29. The molecule has 0 saturated carbocycles. The smallest absolute Gasteiger partial charge is 0.375 e. The summed E-state index contributed by atoms with van der Waals surface area (Å²) in [7, 11) is 0. The van der Waals surface area contributed by atoms with Crippen molar-refractivity contribution in [3.05, 3.63) is 53.8 Å². The molecule has 8 heteroatoms.